The maximum Gasteiger partial charge on any atom is 0.343 e. The first-order chi connectivity index (χ1) is 13.9. The number of thioether (sulfide) groups is 1. The number of hydrogen-bond acceptors (Lipinski definition) is 7. The maximum atomic E-state index is 13.0. The molecule has 1 heterocycles. The van der Waals surface area contributed by atoms with E-state index in [0.717, 1.165) is 31.2 Å². The first kappa shape index (κ1) is 22.1. The molecule has 1 aromatic carbocycles. The lowest BCUT2D eigenvalue weighted by Crippen LogP contribution is -2.39. The van der Waals surface area contributed by atoms with Crippen LogP contribution in [0.4, 0.5) is 0 Å². The van der Waals surface area contributed by atoms with Crippen LogP contribution in [0.5, 0.6) is 11.5 Å². The van der Waals surface area contributed by atoms with Crippen LogP contribution in [0, 0.1) is 0 Å². The summed E-state index contributed by atoms with van der Waals surface area (Å²) in [6.07, 6.45) is 7.30. The molecular weight excluding hydrogens is 478 g/mol. The smallest absolute Gasteiger partial charge is 0.343 e. The van der Waals surface area contributed by atoms with Crippen LogP contribution in [0.15, 0.2) is 21.5 Å². The highest BCUT2D eigenvalue weighted by Crippen LogP contribution is 2.40. The van der Waals surface area contributed by atoms with E-state index in [0.29, 0.717) is 25.2 Å². The SMILES string of the molecule is COC(=O)COc1cc(Br)c(/C=C2\SC(=S)N(C3CCCCC3)C2=O)cc1OC. The Kier molecular flexibility index (Phi) is 7.59. The molecule has 9 heteroatoms. The predicted molar refractivity (Wildman–Crippen MR) is 120 cm³/mol. The lowest BCUT2D eigenvalue weighted by Gasteiger charge is -2.29. The molecule has 2 fully saturated rings. The first-order valence-corrected chi connectivity index (χ1v) is 11.3. The van der Waals surface area contributed by atoms with Gasteiger partial charge in [-0.2, -0.15) is 0 Å². The Labute approximate surface area is 188 Å². The van der Waals surface area contributed by atoms with Crippen LogP contribution in [0.25, 0.3) is 6.08 Å². The molecular formula is C20H22BrNO5S2. The molecule has 156 valence electrons. The summed E-state index contributed by atoms with van der Waals surface area (Å²) in [5.74, 6) is 0.324. The number of amides is 1. The third-order valence-electron chi connectivity index (χ3n) is 4.91. The van der Waals surface area contributed by atoms with Gasteiger partial charge in [0, 0.05) is 10.5 Å². The standard InChI is InChI=1S/C20H22BrNO5S2/c1-25-15-8-12(14(21)10-16(15)27-11-18(23)26-2)9-17-19(24)22(20(28)29-17)13-6-4-3-5-7-13/h8-10,13H,3-7,11H2,1-2H3/b17-9-. The van der Waals surface area contributed by atoms with Crippen molar-refractivity contribution in [1.82, 2.24) is 4.90 Å². The number of thiocarbonyl (C=S) groups is 1. The molecule has 1 saturated carbocycles. The zero-order valence-electron chi connectivity index (χ0n) is 16.2. The Morgan fingerprint density at radius 3 is 2.66 bits per heavy atom. The molecule has 1 saturated heterocycles. The number of hydrogen-bond donors (Lipinski definition) is 0. The van der Waals surface area contributed by atoms with Crippen LogP contribution in [0.1, 0.15) is 37.7 Å². The van der Waals surface area contributed by atoms with E-state index in [1.165, 1.54) is 32.4 Å². The molecule has 0 N–H and O–H groups in total. The monoisotopic (exact) mass is 499 g/mol. The van der Waals surface area contributed by atoms with E-state index in [1.54, 1.807) is 23.1 Å². The fourth-order valence-corrected chi connectivity index (χ4v) is 5.23. The molecule has 2 aliphatic rings. The Hall–Kier alpha value is -1.58. The van der Waals surface area contributed by atoms with Crippen molar-refractivity contribution in [3.8, 4) is 11.5 Å². The van der Waals surface area contributed by atoms with Crippen molar-refractivity contribution < 1.29 is 23.8 Å². The second-order valence-electron chi connectivity index (χ2n) is 6.73. The molecule has 0 radical (unpaired) electrons. The summed E-state index contributed by atoms with van der Waals surface area (Å²) in [5, 5.41) is 0. The van der Waals surface area contributed by atoms with E-state index in [2.05, 4.69) is 20.7 Å². The molecule has 0 unspecified atom stereocenters. The fraction of sp³-hybridized carbons (Fsp3) is 0.450. The van der Waals surface area contributed by atoms with Crippen molar-refractivity contribution in [1.29, 1.82) is 0 Å². The van der Waals surface area contributed by atoms with Gasteiger partial charge in [-0.05, 0) is 36.6 Å². The van der Waals surface area contributed by atoms with E-state index in [-0.39, 0.29) is 18.6 Å². The third kappa shape index (κ3) is 5.13. The molecule has 0 aromatic heterocycles. The highest BCUT2D eigenvalue weighted by molar-refractivity contribution is 9.10. The fourth-order valence-electron chi connectivity index (χ4n) is 3.40. The van der Waals surface area contributed by atoms with Gasteiger partial charge in [-0.15, -0.1) is 0 Å². The van der Waals surface area contributed by atoms with Gasteiger partial charge in [-0.1, -0.05) is 59.2 Å². The van der Waals surface area contributed by atoms with Crippen molar-refractivity contribution >= 4 is 62.2 Å². The topological polar surface area (TPSA) is 65.1 Å². The number of ether oxygens (including phenoxy) is 3. The number of methoxy groups -OCH3 is 2. The zero-order valence-corrected chi connectivity index (χ0v) is 19.5. The van der Waals surface area contributed by atoms with Crippen molar-refractivity contribution in [3.63, 3.8) is 0 Å². The number of esters is 1. The van der Waals surface area contributed by atoms with Gasteiger partial charge in [0.15, 0.2) is 18.1 Å². The number of nitrogens with zero attached hydrogens (tertiary/aromatic N) is 1. The van der Waals surface area contributed by atoms with E-state index < -0.39 is 5.97 Å². The van der Waals surface area contributed by atoms with Crippen LogP contribution < -0.4 is 9.47 Å². The van der Waals surface area contributed by atoms with E-state index in [9.17, 15) is 9.59 Å². The molecule has 6 nitrogen and oxygen atoms in total. The van der Waals surface area contributed by atoms with Crippen LogP contribution in [0.3, 0.4) is 0 Å². The Morgan fingerprint density at radius 1 is 1.28 bits per heavy atom. The first-order valence-electron chi connectivity index (χ1n) is 9.28. The van der Waals surface area contributed by atoms with Gasteiger partial charge in [0.1, 0.15) is 4.32 Å². The maximum absolute atomic E-state index is 13.0. The predicted octanol–water partition coefficient (Wildman–Crippen LogP) is 4.54. The number of rotatable bonds is 6. The van der Waals surface area contributed by atoms with Gasteiger partial charge < -0.3 is 14.2 Å². The summed E-state index contributed by atoms with van der Waals surface area (Å²) in [5.41, 5.74) is 0.761. The molecule has 1 amide bonds. The van der Waals surface area contributed by atoms with Gasteiger partial charge in [0.25, 0.3) is 5.91 Å². The Balaban J connectivity index is 1.83. The minimum Gasteiger partial charge on any atom is -0.493 e. The largest absolute Gasteiger partial charge is 0.493 e. The van der Waals surface area contributed by atoms with Crippen molar-refractivity contribution in [3.05, 3.63) is 27.1 Å². The van der Waals surface area contributed by atoms with E-state index in [4.69, 9.17) is 21.7 Å². The minimum atomic E-state index is -0.487. The second-order valence-corrected chi connectivity index (χ2v) is 9.26. The minimum absolute atomic E-state index is 0.0382. The highest BCUT2D eigenvalue weighted by Gasteiger charge is 2.37. The van der Waals surface area contributed by atoms with Gasteiger partial charge >= 0.3 is 5.97 Å². The van der Waals surface area contributed by atoms with Gasteiger partial charge in [-0.3, -0.25) is 9.69 Å². The van der Waals surface area contributed by atoms with Crippen LogP contribution in [-0.2, 0) is 14.3 Å². The average Bonchev–Trinajstić information content (AvgIpc) is 3.01. The molecule has 29 heavy (non-hydrogen) atoms. The summed E-state index contributed by atoms with van der Waals surface area (Å²) < 4.78 is 16.8. The quantitative estimate of drug-likeness (QED) is 0.323. The third-order valence-corrected chi connectivity index (χ3v) is 6.92. The lowest BCUT2D eigenvalue weighted by molar-refractivity contribution is -0.142. The number of carbonyl (C=O) groups excluding carboxylic acids is 2. The van der Waals surface area contributed by atoms with E-state index >= 15 is 0 Å². The summed E-state index contributed by atoms with van der Waals surface area (Å²) >= 11 is 10.3. The van der Waals surface area contributed by atoms with Gasteiger partial charge in [-0.25, -0.2) is 4.79 Å². The lowest BCUT2D eigenvalue weighted by atomic mass is 9.94. The molecule has 0 bridgehead atoms. The molecule has 0 atom stereocenters. The van der Waals surface area contributed by atoms with E-state index in [1.807, 2.05) is 0 Å². The Bertz CT molecular complexity index is 852. The van der Waals surface area contributed by atoms with Crippen LogP contribution in [0.2, 0.25) is 0 Å². The molecule has 1 aliphatic carbocycles. The normalized spacial score (nSPS) is 19.0. The highest BCUT2D eigenvalue weighted by atomic mass is 79.9. The van der Waals surface area contributed by atoms with Gasteiger partial charge in [0.05, 0.1) is 19.1 Å². The second kappa shape index (κ2) is 9.95. The van der Waals surface area contributed by atoms with Crippen LogP contribution in [-0.4, -0.2) is 48.0 Å². The number of carbonyl (C=O) groups is 2. The van der Waals surface area contributed by atoms with Gasteiger partial charge in [0.2, 0.25) is 0 Å². The molecule has 1 aromatic rings. The molecule has 3 rings (SSSR count). The molecule has 0 spiro atoms. The van der Waals surface area contributed by atoms with Crippen molar-refractivity contribution in [2.45, 2.75) is 38.1 Å². The zero-order chi connectivity index (χ0) is 21.0. The summed E-state index contributed by atoms with van der Waals surface area (Å²) in [6.45, 7) is -0.224. The summed E-state index contributed by atoms with van der Waals surface area (Å²) in [4.78, 5) is 26.7. The van der Waals surface area contributed by atoms with Crippen molar-refractivity contribution in [2.24, 2.45) is 0 Å². The molecule has 1 aliphatic heterocycles. The van der Waals surface area contributed by atoms with Crippen LogP contribution >= 0.6 is 39.9 Å². The average molecular weight is 500 g/mol. The number of benzene rings is 1. The summed E-state index contributed by atoms with van der Waals surface area (Å²) in [7, 11) is 2.81. The van der Waals surface area contributed by atoms with Crippen molar-refractivity contribution in [2.75, 3.05) is 20.8 Å². The Morgan fingerprint density at radius 2 is 2.00 bits per heavy atom. The number of halogens is 1. The summed E-state index contributed by atoms with van der Waals surface area (Å²) in [6, 6.07) is 3.66.